The van der Waals surface area contributed by atoms with E-state index >= 15 is 0 Å². The van der Waals surface area contributed by atoms with E-state index < -0.39 is 9.84 Å². The number of hydrogen-bond donors (Lipinski definition) is 3. The first-order valence-corrected chi connectivity index (χ1v) is 9.61. The minimum absolute atomic E-state index is 0.0282. The molecule has 0 bridgehead atoms. The summed E-state index contributed by atoms with van der Waals surface area (Å²) in [4.78, 5) is 24.0. The van der Waals surface area contributed by atoms with Crippen LogP contribution < -0.4 is 10.6 Å². The van der Waals surface area contributed by atoms with Crippen LogP contribution in [0, 0.1) is 0 Å². The number of nitrogens with one attached hydrogen (secondary N) is 3. The third-order valence-electron chi connectivity index (χ3n) is 4.28. The normalized spacial score (nSPS) is 22.3. The van der Waals surface area contributed by atoms with Crippen molar-refractivity contribution >= 4 is 21.7 Å². The Balaban J connectivity index is 1.51. The van der Waals surface area contributed by atoms with Gasteiger partial charge in [-0.15, -0.1) is 0 Å². The van der Waals surface area contributed by atoms with Crippen LogP contribution in [-0.2, 0) is 27.5 Å². The molecule has 1 atom stereocenters. The second-order valence-corrected chi connectivity index (χ2v) is 8.32. The van der Waals surface area contributed by atoms with Crippen LogP contribution in [0.15, 0.2) is 0 Å². The number of carbonyl (C=O) groups is 2. The number of aromatic amines is 1. The molecular weight excluding hydrogens is 320 g/mol. The van der Waals surface area contributed by atoms with Gasteiger partial charge in [0.25, 0.3) is 5.91 Å². The summed E-state index contributed by atoms with van der Waals surface area (Å²) in [5.41, 5.74) is 2.30. The van der Waals surface area contributed by atoms with Crippen molar-refractivity contribution in [2.45, 2.75) is 38.1 Å². The highest BCUT2D eigenvalue weighted by atomic mass is 32.2. The first-order valence-electron chi connectivity index (χ1n) is 7.79. The number of nitrogens with zero attached hydrogens (tertiary/aromatic N) is 1. The summed E-state index contributed by atoms with van der Waals surface area (Å²) < 4.78 is 22.7. The number of aryl methyl sites for hydroxylation is 1. The van der Waals surface area contributed by atoms with Gasteiger partial charge in [0.1, 0.15) is 0 Å². The smallest absolute Gasteiger partial charge is 0.272 e. The standard InChI is InChI=1S/C14H20N4O4S/c19-12(16-9-5-6-23(21,22)8-9)7-15-14(20)13-10-3-1-2-4-11(10)17-18-13/h9H,1-8H2,(H,15,20)(H,16,19)(H,17,18). The van der Waals surface area contributed by atoms with Crippen LogP contribution in [-0.4, -0.2) is 54.5 Å². The van der Waals surface area contributed by atoms with Crippen LogP contribution in [0.2, 0.25) is 0 Å². The van der Waals surface area contributed by atoms with Crippen molar-refractivity contribution < 1.29 is 18.0 Å². The molecular formula is C14H20N4O4S. The van der Waals surface area contributed by atoms with Gasteiger partial charge in [0, 0.05) is 17.3 Å². The molecule has 2 amide bonds. The molecule has 1 aromatic heterocycles. The lowest BCUT2D eigenvalue weighted by Gasteiger charge is -2.12. The fourth-order valence-electron chi connectivity index (χ4n) is 3.10. The Morgan fingerprint density at radius 2 is 2.04 bits per heavy atom. The summed E-state index contributed by atoms with van der Waals surface area (Å²) in [7, 11) is -3.03. The fourth-order valence-corrected chi connectivity index (χ4v) is 4.77. The van der Waals surface area contributed by atoms with Crippen molar-refractivity contribution in [1.82, 2.24) is 20.8 Å². The molecule has 1 unspecified atom stereocenters. The molecule has 1 fully saturated rings. The second kappa shape index (κ2) is 6.31. The van der Waals surface area contributed by atoms with E-state index in [1.165, 1.54) is 0 Å². The lowest BCUT2D eigenvalue weighted by atomic mass is 9.96. The predicted molar refractivity (Wildman–Crippen MR) is 82.8 cm³/mol. The van der Waals surface area contributed by atoms with E-state index in [1.807, 2.05) is 0 Å². The van der Waals surface area contributed by atoms with Gasteiger partial charge in [0.15, 0.2) is 15.5 Å². The maximum atomic E-state index is 12.2. The first-order chi connectivity index (χ1) is 10.9. The minimum atomic E-state index is -3.03. The SMILES string of the molecule is O=C(CNC(=O)c1n[nH]c2c1CCCC2)NC1CCS(=O)(=O)C1. The number of hydrogen-bond acceptors (Lipinski definition) is 5. The molecule has 2 aliphatic rings. The molecule has 0 saturated carbocycles. The molecule has 2 heterocycles. The Bertz CT molecular complexity index is 725. The Kier molecular flexibility index (Phi) is 4.38. The van der Waals surface area contributed by atoms with E-state index in [1.54, 1.807) is 0 Å². The Morgan fingerprint density at radius 3 is 2.78 bits per heavy atom. The highest BCUT2D eigenvalue weighted by molar-refractivity contribution is 7.91. The molecule has 23 heavy (non-hydrogen) atoms. The van der Waals surface area contributed by atoms with Crippen LogP contribution in [0.4, 0.5) is 0 Å². The van der Waals surface area contributed by atoms with Gasteiger partial charge >= 0.3 is 0 Å². The minimum Gasteiger partial charge on any atom is -0.351 e. The number of carbonyl (C=O) groups excluding carboxylic acids is 2. The van der Waals surface area contributed by atoms with Gasteiger partial charge in [0.2, 0.25) is 5.91 Å². The number of sulfone groups is 1. The monoisotopic (exact) mass is 340 g/mol. The van der Waals surface area contributed by atoms with Crippen LogP contribution in [0.1, 0.15) is 41.0 Å². The number of amides is 2. The number of fused-ring (bicyclic) bond motifs is 1. The van der Waals surface area contributed by atoms with Crippen LogP contribution in [0.3, 0.4) is 0 Å². The summed E-state index contributed by atoms with van der Waals surface area (Å²) in [6.07, 6.45) is 4.26. The molecule has 3 N–H and O–H groups in total. The summed E-state index contributed by atoms with van der Waals surface area (Å²) in [6, 6.07) is -0.359. The molecule has 0 aromatic carbocycles. The zero-order valence-corrected chi connectivity index (χ0v) is 13.5. The van der Waals surface area contributed by atoms with Crippen LogP contribution in [0.5, 0.6) is 0 Å². The van der Waals surface area contributed by atoms with Gasteiger partial charge in [-0.3, -0.25) is 14.7 Å². The van der Waals surface area contributed by atoms with Crippen molar-refractivity contribution in [3.8, 4) is 0 Å². The third kappa shape index (κ3) is 3.72. The van der Waals surface area contributed by atoms with Crippen molar-refractivity contribution in [3.05, 3.63) is 17.0 Å². The zero-order chi connectivity index (χ0) is 16.4. The van der Waals surface area contributed by atoms with Gasteiger partial charge in [-0.1, -0.05) is 0 Å². The molecule has 1 saturated heterocycles. The number of H-pyrrole nitrogens is 1. The highest BCUT2D eigenvalue weighted by Gasteiger charge is 2.29. The van der Waals surface area contributed by atoms with Gasteiger partial charge in [-0.2, -0.15) is 5.10 Å². The molecule has 1 aliphatic carbocycles. The highest BCUT2D eigenvalue weighted by Crippen LogP contribution is 2.21. The Morgan fingerprint density at radius 1 is 1.26 bits per heavy atom. The second-order valence-electron chi connectivity index (χ2n) is 6.09. The van der Waals surface area contributed by atoms with E-state index in [0.29, 0.717) is 12.1 Å². The summed E-state index contributed by atoms with van der Waals surface area (Å²) in [5, 5.41) is 12.1. The van der Waals surface area contributed by atoms with E-state index in [0.717, 1.165) is 36.9 Å². The van der Waals surface area contributed by atoms with Crippen molar-refractivity contribution in [3.63, 3.8) is 0 Å². The van der Waals surface area contributed by atoms with E-state index in [4.69, 9.17) is 0 Å². The van der Waals surface area contributed by atoms with Crippen LogP contribution >= 0.6 is 0 Å². The average molecular weight is 340 g/mol. The molecule has 0 spiro atoms. The predicted octanol–water partition coefficient (Wildman–Crippen LogP) is -0.678. The Labute approximate surface area is 134 Å². The summed E-state index contributed by atoms with van der Waals surface area (Å²) in [6.45, 7) is -0.184. The van der Waals surface area contributed by atoms with Gasteiger partial charge in [-0.05, 0) is 32.1 Å². The number of rotatable bonds is 4. The summed E-state index contributed by atoms with van der Waals surface area (Å²) in [5.74, 6) is -0.688. The average Bonchev–Trinajstić information content (AvgIpc) is 3.08. The quantitative estimate of drug-likeness (QED) is 0.671. The lowest BCUT2D eigenvalue weighted by molar-refractivity contribution is -0.120. The van der Waals surface area contributed by atoms with Gasteiger partial charge < -0.3 is 10.6 Å². The Hall–Kier alpha value is -1.90. The summed E-state index contributed by atoms with van der Waals surface area (Å²) >= 11 is 0. The molecule has 0 radical (unpaired) electrons. The van der Waals surface area contributed by atoms with E-state index in [9.17, 15) is 18.0 Å². The van der Waals surface area contributed by atoms with Gasteiger partial charge in [0.05, 0.1) is 18.1 Å². The van der Waals surface area contributed by atoms with Crippen LogP contribution in [0.25, 0.3) is 0 Å². The topological polar surface area (TPSA) is 121 Å². The largest absolute Gasteiger partial charge is 0.351 e. The molecule has 3 rings (SSSR count). The van der Waals surface area contributed by atoms with Crippen molar-refractivity contribution in [2.75, 3.05) is 18.1 Å². The molecule has 126 valence electrons. The van der Waals surface area contributed by atoms with E-state index in [2.05, 4.69) is 20.8 Å². The zero-order valence-electron chi connectivity index (χ0n) is 12.7. The molecule has 1 aliphatic heterocycles. The van der Waals surface area contributed by atoms with E-state index in [-0.39, 0.29) is 35.9 Å². The lowest BCUT2D eigenvalue weighted by Crippen LogP contribution is -2.42. The van der Waals surface area contributed by atoms with Crippen molar-refractivity contribution in [1.29, 1.82) is 0 Å². The maximum absolute atomic E-state index is 12.2. The first kappa shape index (κ1) is 16.0. The number of aromatic nitrogens is 2. The van der Waals surface area contributed by atoms with Gasteiger partial charge in [-0.25, -0.2) is 8.42 Å². The molecule has 9 heteroatoms. The molecule has 1 aromatic rings. The van der Waals surface area contributed by atoms with Crippen molar-refractivity contribution in [2.24, 2.45) is 0 Å². The fraction of sp³-hybridized carbons (Fsp3) is 0.643. The maximum Gasteiger partial charge on any atom is 0.272 e. The third-order valence-corrected chi connectivity index (χ3v) is 6.05. The molecule has 8 nitrogen and oxygen atoms in total.